The summed E-state index contributed by atoms with van der Waals surface area (Å²) in [6, 6.07) is 5.75. The molecule has 2 saturated heterocycles. The molecule has 3 rings (SSSR count). The van der Waals surface area contributed by atoms with Crippen LogP contribution < -0.4 is 0 Å². The predicted octanol–water partition coefficient (Wildman–Crippen LogP) is 1.71. The molecular weight excluding hydrogens is 322 g/mol. The minimum absolute atomic E-state index is 0.0245. The molecule has 2 aliphatic rings. The van der Waals surface area contributed by atoms with Crippen molar-refractivity contribution in [3.8, 4) is 0 Å². The van der Waals surface area contributed by atoms with Crippen LogP contribution in [0.1, 0.15) is 18.5 Å². The predicted molar refractivity (Wildman–Crippen MR) is 86.5 cm³/mol. The Hall–Kier alpha value is -1.27. The van der Waals surface area contributed by atoms with Gasteiger partial charge in [0.15, 0.2) is 0 Å². The third-order valence-electron chi connectivity index (χ3n) is 4.32. The first-order valence-electron chi connectivity index (χ1n) is 7.33. The van der Waals surface area contributed by atoms with Crippen molar-refractivity contribution >= 4 is 35.2 Å². The number of alkyl halides is 1. The maximum atomic E-state index is 12.3. The van der Waals surface area contributed by atoms with Crippen molar-refractivity contribution in [1.82, 2.24) is 14.8 Å². The van der Waals surface area contributed by atoms with Crippen LogP contribution in [-0.4, -0.2) is 56.2 Å². The Morgan fingerprint density at radius 2 is 2.14 bits per heavy atom. The molecule has 1 spiro atoms. The minimum atomic E-state index is -0.197. The summed E-state index contributed by atoms with van der Waals surface area (Å²) in [6.07, 6.45) is 3.33. The highest BCUT2D eigenvalue weighted by atomic mass is 35.5. The molecule has 118 valence electrons. The summed E-state index contributed by atoms with van der Waals surface area (Å²) in [5.41, 5.74) is 0.900. The van der Waals surface area contributed by atoms with Gasteiger partial charge >= 0.3 is 0 Å². The zero-order valence-corrected chi connectivity index (χ0v) is 13.8. The quantitative estimate of drug-likeness (QED) is 0.787. The average Bonchev–Trinajstić information content (AvgIpc) is 2.85. The van der Waals surface area contributed by atoms with Gasteiger partial charge in [-0.3, -0.25) is 14.6 Å². The number of rotatable bonds is 3. The number of carbonyl (C=O) groups excluding carboxylic acids is 2. The Morgan fingerprint density at radius 1 is 1.36 bits per heavy atom. The van der Waals surface area contributed by atoms with E-state index in [1.807, 2.05) is 23.1 Å². The van der Waals surface area contributed by atoms with Crippen LogP contribution in [-0.2, 0) is 16.1 Å². The van der Waals surface area contributed by atoms with Crippen LogP contribution in [0.3, 0.4) is 0 Å². The molecular formula is C15H18ClN3O2S. The van der Waals surface area contributed by atoms with Crippen LogP contribution in [0.4, 0.5) is 0 Å². The van der Waals surface area contributed by atoms with Crippen LogP contribution in [0.15, 0.2) is 24.4 Å². The van der Waals surface area contributed by atoms with Gasteiger partial charge in [-0.15, -0.1) is 23.4 Å². The highest BCUT2D eigenvalue weighted by Crippen LogP contribution is 2.45. The van der Waals surface area contributed by atoms with Crippen molar-refractivity contribution in [2.45, 2.75) is 24.3 Å². The van der Waals surface area contributed by atoms with Gasteiger partial charge in [-0.05, 0) is 25.0 Å². The van der Waals surface area contributed by atoms with Crippen LogP contribution in [0.5, 0.6) is 0 Å². The molecule has 0 bridgehead atoms. The second-order valence-electron chi connectivity index (χ2n) is 5.55. The standard InChI is InChI=1S/C15H18ClN3O2S/c16-9-13(20)18-7-4-15(5-8-18)19(14(21)11-22-15)10-12-3-1-2-6-17-12/h1-3,6H,4-5,7-11H2. The Morgan fingerprint density at radius 3 is 2.77 bits per heavy atom. The van der Waals surface area contributed by atoms with Crippen LogP contribution in [0, 0.1) is 0 Å². The maximum absolute atomic E-state index is 12.3. The summed E-state index contributed by atoms with van der Waals surface area (Å²) in [4.78, 5) is 31.9. The summed E-state index contributed by atoms with van der Waals surface area (Å²) in [5, 5.41) is 0. The Labute approximate surface area is 139 Å². The lowest BCUT2D eigenvalue weighted by Gasteiger charge is -2.43. The lowest BCUT2D eigenvalue weighted by Crippen LogP contribution is -2.52. The van der Waals surface area contributed by atoms with Crippen LogP contribution in [0.2, 0.25) is 0 Å². The van der Waals surface area contributed by atoms with E-state index in [0.29, 0.717) is 25.4 Å². The van der Waals surface area contributed by atoms with Crippen molar-refractivity contribution in [1.29, 1.82) is 0 Å². The van der Waals surface area contributed by atoms with Gasteiger partial charge in [0.1, 0.15) is 5.88 Å². The number of likely N-dealkylation sites (tertiary alicyclic amines) is 1. The zero-order valence-electron chi connectivity index (χ0n) is 12.2. The van der Waals surface area contributed by atoms with Crippen molar-refractivity contribution in [2.75, 3.05) is 24.7 Å². The van der Waals surface area contributed by atoms with Gasteiger partial charge in [0, 0.05) is 19.3 Å². The Balaban J connectivity index is 1.72. The fourth-order valence-corrected chi connectivity index (χ4v) is 4.58. The van der Waals surface area contributed by atoms with Crippen molar-refractivity contribution in [2.24, 2.45) is 0 Å². The highest BCUT2D eigenvalue weighted by Gasteiger charge is 2.48. The van der Waals surface area contributed by atoms with E-state index in [9.17, 15) is 9.59 Å². The van der Waals surface area contributed by atoms with Crippen molar-refractivity contribution in [3.63, 3.8) is 0 Å². The number of carbonyl (C=O) groups is 2. The number of hydrogen-bond acceptors (Lipinski definition) is 4. The van der Waals surface area contributed by atoms with E-state index in [1.54, 1.807) is 22.9 Å². The van der Waals surface area contributed by atoms with Crippen molar-refractivity contribution < 1.29 is 9.59 Å². The van der Waals surface area contributed by atoms with E-state index in [1.165, 1.54) is 0 Å². The zero-order chi connectivity index (χ0) is 15.6. The fourth-order valence-electron chi connectivity index (χ4n) is 3.07. The average molecular weight is 340 g/mol. The first-order chi connectivity index (χ1) is 10.6. The Kier molecular flexibility index (Phi) is 4.59. The molecule has 1 aromatic rings. The molecule has 1 aromatic heterocycles. The van der Waals surface area contributed by atoms with Gasteiger partial charge < -0.3 is 9.80 Å². The van der Waals surface area contributed by atoms with Crippen molar-refractivity contribution in [3.05, 3.63) is 30.1 Å². The van der Waals surface area contributed by atoms with E-state index in [-0.39, 0.29) is 22.6 Å². The van der Waals surface area contributed by atoms with Gasteiger partial charge in [0.25, 0.3) is 0 Å². The number of pyridine rings is 1. The summed E-state index contributed by atoms with van der Waals surface area (Å²) < 4.78 is 0. The van der Waals surface area contributed by atoms with Gasteiger partial charge in [0.05, 0.1) is 22.9 Å². The number of nitrogens with zero attached hydrogens (tertiary/aromatic N) is 3. The SMILES string of the molecule is O=C(CCl)N1CCC2(CC1)SCC(=O)N2Cc1ccccn1. The monoisotopic (exact) mass is 339 g/mol. The number of aromatic nitrogens is 1. The molecule has 0 aliphatic carbocycles. The molecule has 2 amide bonds. The summed E-state index contributed by atoms with van der Waals surface area (Å²) in [5.74, 6) is 0.669. The lowest BCUT2D eigenvalue weighted by atomic mass is 10.0. The molecule has 3 heterocycles. The maximum Gasteiger partial charge on any atom is 0.237 e. The third-order valence-corrected chi connectivity index (χ3v) is 6.10. The largest absolute Gasteiger partial charge is 0.341 e. The van der Waals surface area contributed by atoms with E-state index in [2.05, 4.69) is 4.98 Å². The topological polar surface area (TPSA) is 53.5 Å². The molecule has 0 unspecified atom stereocenters. The smallest absolute Gasteiger partial charge is 0.237 e. The van der Waals surface area contributed by atoms with E-state index in [0.717, 1.165) is 18.5 Å². The number of thioether (sulfide) groups is 1. The number of piperidine rings is 1. The second kappa shape index (κ2) is 6.46. The second-order valence-corrected chi connectivity index (χ2v) is 7.15. The van der Waals surface area contributed by atoms with Crippen LogP contribution in [0.25, 0.3) is 0 Å². The lowest BCUT2D eigenvalue weighted by molar-refractivity contribution is -0.134. The normalized spacial score (nSPS) is 20.7. The molecule has 5 nitrogen and oxygen atoms in total. The highest BCUT2D eigenvalue weighted by molar-refractivity contribution is 8.01. The molecule has 7 heteroatoms. The first kappa shape index (κ1) is 15.6. The number of halogens is 1. The fraction of sp³-hybridized carbons (Fsp3) is 0.533. The molecule has 0 N–H and O–H groups in total. The van der Waals surface area contributed by atoms with E-state index >= 15 is 0 Å². The molecule has 2 aliphatic heterocycles. The van der Waals surface area contributed by atoms with Crippen LogP contribution >= 0.6 is 23.4 Å². The van der Waals surface area contributed by atoms with E-state index < -0.39 is 0 Å². The molecule has 22 heavy (non-hydrogen) atoms. The molecule has 0 saturated carbocycles. The Bertz CT molecular complexity index is 561. The first-order valence-corrected chi connectivity index (χ1v) is 8.85. The minimum Gasteiger partial charge on any atom is -0.341 e. The van der Waals surface area contributed by atoms with E-state index in [4.69, 9.17) is 11.6 Å². The van der Waals surface area contributed by atoms with Gasteiger partial charge in [0.2, 0.25) is 11.8 Å². The molecule has 0 atom stereocenters. The van der Waals surface area contributed by atoms with Gasteiger partial charge in [-0.2, -0.15) is 0 Å². The summed E-state index contributed by atoms with van der Waals surface area (Å²) in [6.45, 7) is 1.85. The molecule has 0 radical (unpaired) electrons. The number of hydrogen-bond donors (Lipinski definition) is 0. The molecule has 0 aromatic carbocycles. The summed E-state index contributed by atoms with van der Waals surface area (Å²) in [7, 11) is 0. The third kappa shape index (κ3) is 2.94. The summed E-state index contributed by atoms with van der Waals surface area (Å²) >= 11 is 7.33. The van der Waals surface area contributed by atoms with Gasteiger partial charge in [-0.1, -0.05) is 6.07 Å². The number of amides is 2. The molecule has 2 fully saturated rings. The van der Waals surface area contributed by atoms with Gasteiger partial charge in [-0.25, -0.2) is 0 Å².